The molecule has 2 unspecified atom stereocenters. The molecule has 0 aliphatic carbocycles. The molecule has 6 nitrogen and oxygen atoms in total. The van der Waals surface area contributed by atoms with Crippen LogP contribution in [0.25, 0.3) is 0 Å². The van der Waals surface area contributed by atoms with E-state index in [9.17, 15) is 4.79 Å². The second-order valence-electron chi connectivity index (χ2n) is 8.62. The summed E-state index contributed by atoms with van der Waals surface area (Å²) in [5, 5.41) is 6.93. The van der Waals surface area contributed by atoms with Gasteiger partial charge in [0.05, 0.1) is 5.92 Å². The smallest absolute Gasteiger partial charge is 0.221 e. The number of likely N-dealkylation sites (tertiary alicyclic amines) is 1. The zero-order valence-corrected chi connectivity index (χ0v) is 19.1. The van der Waals surface area contributed by atoms with Crippen molar-refractivity contribution in [2.24, 2.45) is 16.6 Å². The molecule has 30 heavy (non-hydrogen) atoms. The Bertz CT molecular complexity index is 675. The number of carbonyl (C=O) groups excluding carboxylic acids is 1. The number of hydrogen-bond acceptors (Lipinski definition) is 3. The summed E-state index contributed by atoms with van der Waals surface area (Å²) < 4.78 is 0. The first kappa shape index (κ1) is 24.2. The van der Waals surface area contributed by atoms with Gasteiger partial charge in [-0.25, -0.2) is 0 Å². The van der Waals surface area contributed by atoms with Gasteiger partial charge in [0.25, 0.3) is 0 Å². The average Bonchev–Trinajstić information content (AvgIpc) is 2.74. The number of amides is 1. The average molecular weight is 416 g/mol. The summed E-state index contributed by atoms with van der Waals surface area (Å²) >= 11 is 0. The van der Waals surface area contributed by atoms with Crippen LogP contribution in [0.15, 0.2) is 29.3 Å². The molecule has 1 heterocycles. The fourth-order valence-corrected chi connectivity index (χ4v) is 4.09. The molecule has 1 fully saturated rings. The third-order valence-corrected chi connectivity index (χ3v) is 5.86. The Labute approximate surface area is 182 Å². The van der Waals surface area contributed by atoms with E-state index in [0.717, 1.165) is 51.4 Å². The first-order valence-corrected chi connectivity index (χ1v) is 11.6. The minimum Gasteiger partial charge on any atom is -0.369 e. The number of benzene rings is 1. The molecule has 1 aromatic rings. The van der Waals surface area contributed by atoms with E-state index in [2.05, 4.69) is 58.6 Å². The van der Waals surface area contributed by atoms with Crippen LogP contribution in [0.2, 0.25) is 0 Å². The van der Waals surface area contributed by atoms with Gasteiger partial charge in [-0.1, -0.05) is 56.9 Å². The number of aliphatic imine (C=N–C) groups is 1. The Morgan fingerprint density at radius 3 is 2.83 bits per heavy atom. The molecule has 1 amide bonds. The number of hydrogen-bond donors (Lipinski definition) is 3. The summed E-state index contributed by atoms with van der Waals surface area (Å²) in [6, 6.07) is 9.05. The fraction of sp³-hybridized carbons (Fsp3) is 0.667. The standard InChI is InChI=1S/C24H41N5O/c1-4-5-6-7-10-19(2)28-24(26-3)27-16-20-11-8-12-21(15-20)17-29-14-9-13-22(18-29)23(25)30/h8,11-12,15,19,22H,4-7,9-10,13-14,16-18H2,1-3H3,(H2,25,30)(H2,26,27,28). The van der Waals surface area contributed by atoms with Gasteiger partial charge in [0.2, 0.25) is 5.91 Å². The van der Waals surface area contributed by atoms with E-state index in [-0.39, 0.29) is 11.8 Å². The van der Waals surface area contributed by atoms with Crippen molar-refractivity contribution in [3.63, 3.8) is 0 Å². The summed E-state index contributed by atoms with van der Waals surface area (Å²) in [6.07, 6.45) is 8.27. The molecule has 4 N–H and O–H groups in total. The van der Waals surface area contributed by atoms with E-state index < -0.39 is 0 Å². The summed E-state index contributed by atoms with van der Waals surface area (Å²) in [4.78, 5) is 18.2. The van der Waals surface area contributed by atoms with Crippen molar-refractivity contribution in [1.82, 2.24) is 15.5 Å². The zero-order valence-electron chi connectivity index (χ0n) is 19.1. The van der Waals surface area contributed by atoms with Gasteiger partial charge < -0.3 is 16.4 Å². The molecule has 0 radical (unpaired) electrons. The summed E-state index contributed by atoms with van der Waals surface area (Å²) in [5.74, 6) is 0.668. The lowest BCUT2D eigenvalue weighted by Crippen LogP contribution is -2.41. The largest absolute Gasteiger partial charge is 0.369 e. The number of piperidine rings is 1. The molecule has 0 aromatic heterocycles. The molecule has 1 aromatic carbocycles. The molecule has 6 heteroatoms. The maximum absolute atomic E-state index is 11.5. The van der Waals surface area contributed by atoms with E-state index >= 15 is 0 Å². The Hall–Kier alpha value is -2.08. The highest BCUT2D eigenvalue weighted by molar-refractivity contribution is 5.79. The molecule has 2 rings (SSSR count). The van der Waals surface area contributed by atoms with Crippen LogP contribution in [0.3, 0.4) is 0 Å². The van der Waals surface area contributed by atoms with E-state index in [0.29, 0.717) is 6.04 Å². The lowest BCUT2D eigenvalue weighted by Gasteiger charge is -2.31. The summed E-state index contributed by atoms with van der Waals surface area (Å²) in [6.45, 7) is 7.85. The van der Waals surface area contributed by atoms with Crippen molar-refractivity contribution < 1.29 is 4.79 Å². The second kappa shape index (κ2) is 13.3. The Kier molecular flexibility index (Phi) is 10.7. The van der Waals surface area contributed by atoms with E-state index in [1.807, 2.05) is 7.05 Å². The van der Waals surface area contributed by atoms with Gasteiger partial charge in [0, 0.05) is 32.7 Å². The summed E-state index contributed by atoms with van der Waals surface area (Å²) in [5.41, 5.74) is 8.01. The lowest BCUT2D eigenvalue weighted by atomic mass is 9.97. The van der Waals surface area contributed by atoms with Crippen LogP contribution in [-0.2, 0) is 17.9 Å². The molecule has 1 aliphatic rings. The van der Waals surface area contributed by atoms with Crippen LogP contribution < -0.4 is 16.4 Å². The minimum absolute atomic E-state index is 0.0121. The number of nitrogens with one attached hydrogen (secondary N) is 2. The molecular weight excluding hydrogens is 374 g/mol. The predicted molar refractivity (Wildman–Crippen MR) is 125 cm³/mol. The van der Waals surface area contributed by atoms with Crippen LogP contribution in [0.1, 0.15) is 69.9 Å². The Balaban J connectivity index is 1.80. The van der Waals surface area contributed by atoms with E-state index in [1.165, 1.54) is 36.8 Å². The normalized spacial score (nSPS) is 18.8. The van der Waals surface area contributed by atoms with Crippen molar-refractivity contribution >= 4 is 11.9 Å². The molecule has 168 valence electrons. The van der Waals surface area contributed by atoms with Crippen molar-refractivity contribution in [2.75, 3.05) is 20.1 Å². The molecule has 0 saturated carbocycles. The van der Waals surface area contributed by atoms with E-state index in [1.54, 1.807) is 0 Å². The van der Waals surface area contributed by atoms with E-state index in [4.69, 9.17) is 5.73 Å². The maximum Gasteiger partial charge on any atom is 0.221 e. The third-order valence-electron chi connectivity index (χ3n) is 5.86. The number of nitrogens with zero attached hydrogens (tertiary/aromatic N) is 2. The van der Waals surface area contributed by atoms with Crippen LogP contribution in [0, 0.1) is 5.92 Å². The number of nitrogens with two attached hydrogens (primary N) is 1. The van der Waals surface area contributed by atoms with Crippen LogP contribution in [0.5, 0.6) is 0 Å². The molecule has 1 saturated heterocycles. The zero-order chi connectivity index (χ0) is 21.8. The highest BCUT2D eigenvalue weighted by Crippen LogP contribution is 2.18. The number of rotatable bonds is 11. The number of guanidine groups is 1. The monoisotopic (exact) mass is 415 g/mol. The van der Waals surface area contributed by atoms with Gasteiger partial charge in [-0.15, -0.1) is 0 Å². The van der Waals surface area contributed by atoms with Gasteiger partial charge >= 0.3 is 0 Å². The lowest BCUT2D eigenvalue weighted by molar-refractivity contribution is -0.123. The minimum atomic E-state index is -0.170. The van der Waals surface area contributed by atoms with Gasteiger partial charge in [-0.3, -0.25) is 14.7 Å². The predicted octanol–water partition coefficient (Wildman–Crippen LogP) is 3.41. The molecule has 1 aliphatic heterocycles. The van der Waals surface area contributed by atoms with Gasteiger partial charge in [0.15, 0.2) is 5.96 Å². The van der Waals surface area contributed by atoms with Gasteiger partial charge in [-0.05, 0) is 43.9 Å². The topological polar surface area (TPSA) is 82.8 Å². The molecular formula is C24H41N5O. The Morgan fingerprint density at radius 1 is 1.30 bits per heavy atom. The van der Waals surface area contributed by atoms with Gasteiger partial charge in [-0.2, -0.15) is 0 Å². The fourth-order valence-electron chi connectivity index (χ4n) is 4.09. The maximum atomic E-state index is 11.5. The molecule has 0 bridgehead atoms. The number of carbonyl (C=O) groups is 1. The van der Waals surface area contributed by atoms with Crippen LogP contribution in [0.4, 0.5) is 0 Å². The van der Waals surface area contributed by atoms with Crippen LogP contribution in [-0.4, -0.2) is 42.9 Å². The summed E-state index contributed by atoms with van der Waals surface area (Å²) in [7, 11) is 1.82. The molecule has 0 spiro atoms. The van der Waals surface area contributed by atoms with Crippen molar-refractivity contribution in [3.05, 3.63) is 35.4 Å². The molecule has 2 atom stereocenters. The third kappa shape index (κ3) is 8.74. The second-order valence-corrected chi connectivity index (χ2v) is 8.62. The van der Waals surface area contributed by atoms with Crippen molar-refractivity contribution in [1.29, 1.82) is 0 Å². The quantitative estimate of drug-likeness (QED) is 0.294. The number of primary amides is 1. The highest BCUT2D eigenvalue weighted by atomic mass is 16.1. The number of unbranched alkanes of at least 4 members (excludes halogenated alkanes) is 3. The SMILES string of the molecule is CCCCCCC(C)NC(=NC)NCc1cccc(CN2CCCC(C(N)=O)C2)c1. The first-order chi connectivity index (χ1) is 14.5. The first-order valence-electron chi connectivity index (χ1n) is 11.6. The van der Waals surface area contributed by atoms with Gasteiger partial charge in [0.1, 0.15) is 0 Å². The van der Waals surface area contributed by atoms with Crippen LogP contribution >= 0.6 is 0 Å². The Morgan fingerprint density at radius 2 is 2.10 bits per heavy atom. The highest BCUT2D eigenvalue weighted by Gasteiger charge is 2.23. The van der Waals surface area contributed by atoms with Crippen molar-refractivity contribution in [2.45, 2.75) is 77.9 Å². The van der Waals surface area contributed by atoms with Crippen molar-refractivity contribution in [3.8, 4) is 0 Å².